The summed E-state index contributed by atoms with van der Waals surface area (Å²) in [5, 5.41) is 6.03. The quantitative estimate of drug-likeness (QED) is 0.457. The van der Waals surface area contributed by atoms with Crippen LogP contribution in [0.3, 0.4) is 0 Å². The molecule has 0 aliphatic heterocycles. The number of benzene rings is 1. The second-order valence-electron chi connectivity index (χ2n) is 5.26. The van der Waals surface area contributed by atoms with Crippen LogP contribution in [0, 0.1) is 0 Å². The van der Waals surface area contributed by atoms with Crippen molar-refractivity contribution in [3.8, 4) is 5.75 Å². The van der Waals surface area contributed by atoms with Gasteiger partial charge in [-0.1, -0.05) is 45.3 Å². The lowest BCUT2D eigenvalue weighted by Gasteiger charge is -2.08. The molecule has 0 saturated heterocycles. The highest BCUT2D eigenvalue weighted by atomic mass is 16.5. The van der Waals surface area contributed by atoms with Gasteiger partial charge in [0, 0.05) is 5.69 Å². The smallest absolute Gasteiger partial charge is 0.238 e. The van der Waals surface area contributed by atoms with Crippen molar-refractivity contribution in [3.63, 3.8) is 0 Å². The first-order valence-electron chi connectivity index (χ1n) is 8.10. The van der Waals surface area contributed by atoms with Crippen LogP contribution < -0.4 is 15.4 Å². The van der Waals surface area contributed by atoms with E-state index in [-0.39, 0.29) is 5.91 Å². The highest BCUT2D eigenvalue weighted by Gasteiger charge is 2.02. The highest BCUT2D eigenvalue weighted by molar-refractivity contribution is 5.92. The lowest BCUT2D eigenvalue weighted by atomic mass is 10.1. The van der Waals surface area contributed by atoms with E-state index >= 15 is 0 Å². The van der Waals surface area contributed by atoms with Crippen molar-refractivity contribution in [3.05, 3.63) is 36.9 Å². The van der Waals surface area contributed by atoms with Gasteiger partial charge in [-0.3, -0.25) is 4.79 Å². The Morgan fingerprint density at radius 2 is 1.91 bits per heavy atom. The predicted octanol–water partition coefficient (Wildman–Crippen LogP) is 3.75. The molecule has 0 aliphatic rings. The zero-order valence-electron chi connectivity index (χ0n) is 13.6. The summed E-state index contributed by atoms with van der Waals surface area (Å²) >= 11 is 0. The van der Waals surface area contributed by atoms with Gasteiger partial charge in [0.25, 0.3) is 0 Å². The Morgan fingerprint density at radius 3 is 2.59 bits per heavy atom. The van der Waals surface area contributed by atoms with Crippen molar-refractivity contribution in [2.75, 3.05) is 25.0 Å². The molecule has 1 rings (SSSR count). The van der Waals surface area contributed by atoms with Gasteiger partial charge in [-0.2, -0.15) is 0 Å². The van der Waals surface area contributed by atoms with Crippen molar-refractivity contribution in [2.24, 2.45) is 0 Å². The van der Waals surface area contributed by atoms with Crippen LogP contribution in [-0.4, -0.2) is 25.6 Å². The maximum Gasteiger partial charge on any atom is 0.238 e. The molecule has 122 valence electrons. The van der Waals surface area contributed by atoms with Gasteiger partial charge >= 0.3 is 0 Å². The molecular weight excluding hydrogens is 276 g/mol. The molecule has 1 aromatic carbocycles. The minimum absolute atomic E-state index is 0.0201. The number of nitrogens with one attached hydrogen (secondary N) is 2. The van der Waals surface area contributed by atoms with E-state index in [4.69, 9.17) is 4.74 Å². The highest BCUT2D eigenvalue weighted by Crippen LogP contribution is 2.15. The molecule has 1 amide bonds. The summed E-state index contributed by atoms with van der Waals surface area (Å²) in [5.41, 5.74) is 0.778. The van der Waals surface area contributed by atoms with Gasteiger partial charge in [0.2, 0.25) is 5.91 Å². The third kappa shape index (κ3) is 8.47. The molecule has 0 spiro atoms. The Balaban J connectivity index is 2.15. The van der Waals surface area contributed by atoms with Gasteiger partial charge in [0.15, 0.2) is 0 Å². The average molecular weight is 304 g/mol. The van der Waals surface area contributed by atoms with Gasteiger partial charge in [-0.15, -0.1) is 0 Å². The molecule has 1 aromatic rings. The summed E-state index contributed by atoms with van der Waals surface area (Å²) in [6, 6.07) is 7.34. The molecule has 4 nitrogen and oxygen atoms in total. The minimum Gasteiger partial charge on any atom is -0.490 e. The Labute approximate surface area is 133 Å². The van der Waals surface area contributed by atoms with Crippen molar-refractivity contribution in [1.29, 1.82) is 0 Å². The van der Waals surface area contributed by atoms with Crippen molar-refractivity contribution in [2.45, 2.75) is 39.0 Å². The Morgan fingerprint density at radius 1 is 1.18 bits per heavy atom. The third-order valence-corrected chi connectivity index (χ3v) is 3.25. The van der Waals surface area contributed by atoms with Gasteiger partial charge in [-0.05, 0) is 37.2 Å². The summed E-state index contributed by atoms with van der Waals surface area (Å²) < 4.78 is 5.39. The Bertz CT molecular complexity index is 429. The molecule has 0 atom stereocenters. The Kier molecular flexibility index (Phi) is 9.79. The van der Waals surface area contributed by atoms with Gasteiger partial charge in [-0.25, -0.2) is 0 Å². The predicted molar refractivity (Wildman–Crippen MR) is 92.4 cm³/mol. The first-order valence-corrected chi connectivity index (χ1v) is 8.10. The number of hydrogen-bond acceptors (Lipinski definition) is 3. The summed E-state index contributed by atoms with van der Waals surface area (Å²) in [6.45, 7) is 7.53. The molecule has 0 bridgehead atoms. The van der Waals surface area contributed by atoms with E-state index in [9.17, 15) is 4.79 Å². The van der Waals surface area contributed by atoms with E-state index in [1.54, 1.807) is 6.08 Å². The molecule has 0 heterocycles. The van der Waals surface area contributed by atoms with Crippen molar-refractivity contribution < 1.29 is 9.53 Å². The van der Waals surface area contributed by atoms with Crippen LogP contribution in [0.4, 0.5) is 5.69 Å². The van der Waals surface area contributed by atoms with E-state index in [0.717, 1.165) is 24.4 Å². The van der Waals surface area contributed by atoms with E-state index in [2.05, 4.69) is 24.1 Å². The summed E-state index contributed by atoms with van der Waals surface area (Å²) in [7, 11) is 0. The van der Waals surface area contributed by atoms with E-state index in [0.29, 0.717) is 13.2 Å². The van der Waals surface area contributed by atoms with Crippen LogP contribution in [0.2, 0.25) is 0 Å². The van der Waals surface area contributed by atoms with Crippen LogP contribution in [0.5, 0.6) is 5.75 Å². The second kappa shape index (κ2) is 11.8. The molecule has 22 heavy (non-hydrogen) atoms. The van der Waals surface area contributed by atoms with Crippen LogP contribution >= 0.6 is 0 Å². The average Bonchev–Trinajstić information content (AvgIpc) is 2.53. The zero-order valence-corrected chi connectivity index (χ0v) is 13.6. The number of ether oxygens (including phenoxy) is 1. The topological polar surface area (TPSA) is 50.4 Å². The molecule has 4 heteroatoms. The zero-order chi connectivity index (χ0) is 16.0. The summed E-state index contributed by atoms with van der Waals surface area (Å²) in [4.78, 5) is 11.8. The number of rotatable bonds is 12. The normalized spacial score (nSPS) is 10.2. The van der Waals surface area contributed by atoms with Gasteiger partial charge in [0.05, 0.1) is 6.54 Å². The van der Waals surface area contributed by atoms with Crippen LogP contribution in [-0.2, 0) is 4.79 Å². The molecular formula is C18H28N2O2. The first-order chi connectivity index (χ1) is 10.8. The van der Waals surface area contributed by atoms with E-state index < -0.39 is 0 Å². The lowest BCUT2D eigenvalue weighted by Crippen LogP contribution is -2.28. The van der Waals surface area contributed by atoms with Crippen LogP contribution in [0.15, 0.2) is 36.9 Å². The second-order valence-corrected chi connectivity index (χ2v) is 5.26. The number of unbranched alkanes of at least 4 members (excludes halogenated alkanes) is 4. The molecule has 0 fully saturated rings. The number of carbonyl (C=O) groups excluding carboxylic acids is 1. The maximum atomic E-state index is 11.8. The van der Waals surface area contributed by atoms with E-state index in [1.807, 2.05) is 24.3 Å². The number of anilines is 1. The molecule has 0 radical (unpaired) electrons. The number of amides is 1. The van der Waals surface area contributed by atoms with E-state index in [1.165, 1.54) is 25.7 Å². The fourth-order valence-corrected chi connectivity index (χ4v) is 2.05. The lowest BCUT2D eigenvalue weighted by molar-refractivity contribution is -0.115. The Hall–Kier alpha value is -1.81. The molecule has 0 aliphatic carbocycles. The van der Waals surface area contributed by atoms with Crippen LogP contribution in [0.25, 0.3) is 0 Å². The maximum absolute atomic E-state index is 11.8. The molecule has 0 unspecified atom stereocenters. The first kappa shape index (κ1) is 18.2. The third-order valence-electron chi connectivity index (χ3n) is 3.25. The number of carbonyl (C=O) groups is 1. The standard InChI is InChI=1S/C18H28N2O2/c1-3-5-6-7-8-13-19-15-18(21)20-16-9-11-17(12-10-16)22-14-4-2/h4,9-12,19H,2-3,5-8,13-15H2,1H3,(H,20,21). The fraction of sp³-hybridized carbons (Fsp3) is 0.500. The van der Waals surface area contributed by atoms with Gasteiger partial charge in [0.1, 0.15) is 12.4 Å². The molecule has 0 saturated carbocycles. The summed E-state index contributed by atoms with van der Waals surface area (Å²) in [5.74, 6) is 0.747. The minimum atomic E-state index is -0.0201. The van der Waals surface area contributed by atoms with Crippen molar-refractivity contribution in [1.82, 2.24) is 5.32 Å². The van der Waals surface area contributed by atoms with Crippen molar-refractivity contribution >= 4 is 11.6 Å². The SMILES string of the molecule is C=CCOc1ccc(NC(=O)CNCCCCCCC)cc1. The summed E-state index contributed by atoms with van der Waals surface area (Å²) in [6.07, 6.45) is 7.89. The fourth-order valence-electron chi connectivity index (χ4n) is 2.05. The van der Waals surface area contributed by atoms with Crippen LogP contribution in [0.1, 0.15) is 39.0 Å². The van der Waals surface area contributed by atoms with Gasteiger partial charge < -0.3 is 15.4 Å². The molecule has 2 N–H and O–H groups in total. The monoisotopic (exact) mass is 304 g/mol. The molecule has 0 aromatic heterocycles. The largest absolute Gasteiger partial charge is 0.490 e. The number of hydrogen-bond donors (Lipinski definition) is 2.